The molecule has 0 aromatic heterocycles. The van der Waals surface area contributed by atoms with Gasteiger partial charge in [0.15, 0.2) is 0 Å². The SMILES string of the molecule is O=C(O)CN(Cc1ccc(Cl)cc1)C1CCNC1. The highest BCUT2D eigenvalue weighted by Crippen LogP contribution is 2.15. The Morgan fingerprint density at radius 3 is 2.72 bits per heavy atom. The van der Waals surface area contributed by atoms with Gasteiger partial charge < -0.3 is 10.4 Å². The molecule has 0 amide bonds. The number of carboxylic acid groups (broad SMARTS) is 1. The topological polar surface area (TPSA) is 52.6 Å². The van der Waals surface area contributed by atoms with Crippen LogP contribution in [0.4, 0.5) is 0 Å². The fourth-order valence-corrected chi connectivity index (χ4v) is 2.39. The molecule has 1 heterocycles. The number of carboxylic acids is 1. The highest BCUT2D eigenvalue weighted by atomic mass is 35.5. The van der Waals surface area contributed by atoms with Crippen molar-refractivity contribution in [2.75, 3.05) is 19.6 Å². The average Bonchev–Trinajstić information content (AvgIpc) is 2.84. The number of hydrogen-bond donors (Lipinski definition) is 2. The summed E-state index contributed by atoms with van der Waals surface area (Å²) in [6.45, 7) is 2.55. The van der Waals surface area contributed by atoms with Crippen molar-refractivity contribution in [3.8, 4) is 0 Å². The fourth-order valence-electron chi connectivity index (χ4n) is 2.26. The van der Waals surface area contributed by atoms with Crippen molar-refractivity contribution in [3.63, 3.8) is 0 Å². The quantitative estimate of drug-likeness (QED) is 0.852. The zero-order valence-corrected chi connectivity index (χ0v) is 10.9. The highest BCUT2D eigenvalue weighted by molar-refractivity contribution is 6.30. The lowest BCUT2D eigenvalue weighted by Crippen LogP contribution is -2.39. The van der Waals surface area contributed by atoms with Crippen molar-refractivity contribution < 1.29 is 9.90 Å². The van der Waals surface area contributed by atoms with E-state index >= 15 is 0 Å². The summed E-state index contributed by atoms with van der Waals surface area (Å²) in [6, 6.07) is 7.86. The number of halogens is 1. The van der Waals surface area contributed by atoms with Crippen LogP contribution >= 0.6 is 11.6 Å². The minimum absolute atomic E-state index is 0.0783. The molecule has 1 atom stereocenters. The van der Waals surface area contributed by atoms with E-state index in [2.05, 4.69) is 5.32 Å². The fraction of sp³-hybridized carbons (Fsp3) is 0.462. The molecular weight excluding hydrogens is 252 g/mol. The van der Waals surface area contributed by atoms with Crippen molar-refractivity contribution in [1.29, 1.82) is 0 Å². The number of aliphatic carboxylic acids is 1. The van der Waals surface area contributed by atoms with E-state index in [9.17, 15) is 4.79 Å². The number of carbonyl (C=O) groups is 1. The van der Waals surface area contributed by atoms with Crippen LogP contribution in [-0.4, -0.2) is 41.7 Å². The molecule has 18 heavy (non-hydrogen) atoms. The lowest BCUT2D eigenvalue weighted by Gasteiger charge is -2.26. The number of nitrogens with one attached hydrogen (secondary N) is 1. The van der Waals surface area contributed by atoms with Crippen LogP contribution in [0.3, 0.4) is 0 Å². The van der Waals surface area contributed by atoms with Gasteiger partial charge in [0.25, 0.3) is 0 Å². The maximum atomic E-state index is 10.9. The van der Waals surface area contributed by atoms with Gasteiger partial charge in [-0.3, -0.25) is 9.69 Å². The molecule has 2 rings (SSSR count). The number of rotatable bonds is 5. The van der Waals surface area contributed by atoms with Gasteiger partial charge in [0.1, 0.15) is 0 Å². The predicted octanol–water partition coefficient (Wildman–Crippen LogP) is 1.59. The summed E-state index contributed by atoms with van der Waals surface area (Å²) in [5, 5.41) is 12.9. The van der Waals surface area contributed by atoms with Crippen molar-refractivity contribution in [2.45, 2.75) is 19.0 Å². The molecule has 4 nitrogen and oxygen atoms in total. The van der Waals surface area contributed by atoms with E-state index in [1.165, 1.54) is 0 Å². The van der Waals surface area contributed by atoms with E-state index in [0.717, 1.165) is 25.1 Å². The van der Waals surface area contributed by atoms with Gasteiger partial charge in [0.2, 0.25) is 0 Å². The molecule has 0 spiro atoms. The molecule has 0 radical (unpaired) electrons. The molecule has 0 saturated carbocycles. The average molecular weight is 269 g/mol. The lowest BCUT2D eigenvalue weighted by molar-refractivity contribution is -0.139. The Labute approximate surface area is 112 Å². The lowest BCUT2D eigenvalue weighted by atomic mass is 10.1. The molecule has 1 saturated heterocycles. The van der Waals surface area contributed by atoms with Crippen LogP contribution in [-0.2, 0) is 11.3 Å². The van der Waals surface area contributed by atoms with Gasteiger partial charge in [0.05, 0.1) is 6.54 Å². The first kappa shape index (κ1) is 13.3. The smallest absolute Gasteiger partial charge is 0.317 e. The van der Waals surface area contributed by atoms with Crippen molar-refractivity contribution in [1.82, 2.24) is 10.2 Å². The van der Waals surface area contributed by atoms with E-state index in [4.69, 9.17) is 16.7 Å². The summed E-state index contributed by atoms with van der Waals surface area (Å²) in [7, 11) is 0. The van der Waals surface area contributed by atoms with Crippen LogP contribution in [0.25, 0.3) is 0 Å². The molecule has 5 heteroatoms. The second-order valence-electron chi connectivity index (χ2n) is 4.57. The normalized spacial score (nSPS) is 19.3. The van der Waals surface area contributed by atoms with Gasteiger partial charge in [-0.05, 0) is 30.7 Å². The summed E-state index contributed by atoms with van der Waals surface area (Å²) in [4.78, 5) is 12.9. The molecule has 1 fully saturated rings. The molecule has 0 aliphatic carbocycles. The zero-order chi connectivity index (χ0) is 13.0. The van der Waals surface area contributed by atoms with Crippen molar-refractivity contribution >= 4 is 17.6 Å². The Balaban J connectivity index is 2.03. The second kappa shape index (κ2) is 6.18. The monoisotopic (exact) mass is 268 g/mol. The van der Waals surface area contributed by atoms with E-state index in [-0.39, 0.29) is 6.54 Å². The largest absolute Gasteiger partial charge is 0.480 e. The van der Waals surface area contributed by atoms with Gasteiger partial charge in [-0.25, -0.2) is 0 Å². The van der Waals surface area contributed by atoms with E-state index in [0.29, 0.717) is 17.6 Å². The summed E-state index contributed by atoms with van der Waals surface area (Å²) in [5.41, 5.74) is 1.09. The van der Waals surface area contributed by atoms with Gasteiger partial charge in [-0.2, -0.15) is 0 Å². The predicted molar refractivity (Wildman–Crippen MR) is 70.8 cm³/mol. The van der Waals surface area contributed by atoms with Crippen molar-refractivity contribution in [2.24, 2.45) is 0 Å². The molecular formula is C13H17ClN2O2. The second-order valence-corrected chi connectivity index (χ2v) is 5.01. The van der Waals surface area contributed by atoms with Crippen LogP contribution < -0.4 is 5.32 Å². The Morgan fingerprint density at radius 2 is 2.17 bits per heavy atom. The highest BCUT2D eigenvalue weighted by Gasteiger charge is 2.24. The van der Waals surface area contributed by atoms with Crippen LogP contribution in [0.15, 0.2) is 24.3 Å². The van der Waals surface area contributed by atoms with Crippen LogP contribution in [0.2, 0.25) is 5.02 Å². The first-order valence-corrected chi connectivity index (χ1v) is 6.44. The molecule has 1 unspecified atom stereocenters. The third kappa shape index (κ3) is 3.70. The summed E-state index contributed by atoms with van der Waals surface area (Å²) in [6.07, 6.45) is 1.00. The van der Waals surface area contributed by atoms with E-state index in [1.807, 2.05) is 29.2 Å². The van der Waals surface area contributed by atoms with Crippen LogP contribution in [0, 0.1) is 0 Å². The Morgan fingerprint density at radius 1 is 1.44 bits per heavy atom. The Kier molecular flexibility index (Phi) is 4.58. The van der Waals surface area contributed by atoms with Gasteiger partial charge in [-0.15, -0.1) is 0 Å². The third-order valence-corrected chi connectivity index (χ3v) is 3.44. The molecule has 0 bridgehead atoms. The van der Waals surface area contributed by atoms with Gasteiger partial charge in [-0.1, -0.05) is 23.7 Å². The number of hydrogen-bond acceptors (Lipinski definition) is 3. The standard InChI is InChI=1S/C13H17ClN2O2/c14-11-3-1-10(2-4-11)8-16(9-13(17)18)12-5-6-15-7-12/h1-4,12,15H,5-9H2,(H,17,18). The van der Waals surface area contributed by atoms with E-state index < -0.39 is 5.97 Å². The Bertz CT molecular complexity index is 402. The van der Waals surface area contributed by atoms with Gasteiger partial charge in [0, 0.05) is 24.2 Å². The summed E-state index contributed by atoms with van der Waals surface area (Å²) in [5.74, 6) is -0.782. The summed E-state index contributed by atoms with van der Waals surface area (Å²) >= 11 is 5.84. The summed E-state index contributed by atoms with van der Waals surface area (Å²) < 4.78 is 0. The molecule has 2 N–H and O–H groups in total. The first-order valence-electron chi connectivity index (χ1n) is 6.06. The van der Waals surface area contributed by atoms with Crippen LogP contribution in [0.1, 0.15) is 12.0 Å². The first-order chi connectivity index (χ1) is 8.65. The van der Waals surface area contributed by atoms with E-state index in [1.54, 1.807) is 0 Å². The molecule has 1 aromatic carbocycles. The molecule has 1 aromatic rings. The minimum Gasteiger partial charge on any atom is -0.480 e. The number of benzene rings is 1. The van der Waals surface area contributed by atoms with Gasteiger partial charge >= 0.3 is 5.97 Å². The molecule has 1 aliphatic rings. The Hall–Kier alpha value is -1.10. The van der Waals surface area contributed by atoms with Crippen LogP contribution in [0.5, 0.6) is 0 Å². The molecule has 1 aliphatic heterocycles. The maximum Gasteiger partial charge on any atom is 0.317 e. The molecule has 98 valence electrons. The maximum absolute atomic E-state index is 10.9. The number of nitrogens with zero attached hydrogens (tertiary/aromatic N) is 1. The van der Waals surface area contributed by atoms with Crippen molar-refractivity contribution in [3.05, 3.63) is 34.9 Å². The third-order valence-electron chi connectivity index (χ3n) is 3.19. The minimum atomic E-state index is -0.782. The zero-order valence-electron chi connectivity index (χ0n) is 10.1.